The number of amides is 1. The SMILES string of the molecule is CC1(C)CN(C(=O)COc2ccc(Cl)cc2)c2ccccc2O1. The highest BCUT2D eigenvalue weighted by molar-refractivity contribution is 6.30. The average molecular weight is 332 g/mol. The second kappa shape index (κ2) is 6.13. The largest absolute Gasteiger partial charge is 0.484 e. The van der Waals surface area contributed by atoms with Crippen LogP contribution >= 0.6 is 11.6 Å². The van der Waals surface area contributed by atoms with Gasteiger partial charge in [0.15, 0.2) is 6.61 Å². The van der Waals surface area contributed by atoms with Gasteiger partial charge in [-0.2, -0.15) is 0 Å². The van der Waals surface area contributed by atoms with Crippen LogP contribution in [0.5, 0.6) is 11.5 Å². The third kappa shape index (κ3) is 3.59. The third-order valence-corrected chi connectivity index (χ3v) is 3.81. The van der Waals surface area contributed by atoms with Crippen LogP contribution in [0.1, 0.15) is 13.8 Å². The minimum atomic E-state index is -0.440. The monoisotopic (exact) mass is 331 g/mol. The number of benzene rings is 2. The van der Waals surface area contributed by atoms with E-state index in [0.29, 0.717) is 23.1 Å². The van der Waals surface area contributed by atoms with Gasteiger partial charge in [-0.05, 0) is 50.2 Å². The van der Waals surface area contributed by atoms with Crippen LogP contribution < -0.4 is 14.4 Å². The number of fused-ring (bicyclic) bond motifs is 1. The number of anilines is 1. The highest BCUT2D eigenvalue weighted by Gasteiger charge is 2.34. The summed E-state index contributed by atoms with van der Waals surface area (Å²) in [6, 6.07) is 14.5. The van der Waals surface area contributed by atoms with Gasteiger partial charge in [-0.1, -0.05) is 23.7 Å². The number of hydrogen-bond donors (Lipinski definition) is 0. The highest BCUT2D eigenvalue weighted by atomic mass is 35.5. The molecule has 120 valence electrons. The Hall–Kier alpha value is -2.20. The first kappa shape index (κ1) is 15.7. The molecule has 0 unspecified atom stereocenters. The van der Waals surface area contributed by atoms with E-state index in [1.54, 1.807) is 29.2 Å². The summed E-state index contributed by atoms with van der Waals surface area (Å²) in [7, 11) is 0. The summed E-state index contributed by atoms with van der Waals surface area (Å²) >= 11 is 5.84. The Morgan fingerprint density at radius 2 is 1.91 bits per heavy atom. The van der Waals surface area contributed by atoms with Crippen LogP contribution in [-0.2, 0) is 4.79 Å². The Bertz CT molecular complexity index is 712. The summed E-state index contributed by atoms with van der Waals surface area (Å²) in [4.78, 5) is 14.3. The van der Waals surface area contributed by atoms with Gasteiger partial charge in [0.05, 0.1) is 12.2 Å². The normalized spacial score (nSPS) is 15.5. The van der Waals surface area contributed by atoms with Gasteiger partial charge < -0.3 is 14.4 Å². The Morgan fingerprint density at radius 3 is 2.65 bits per heavy atom. The summed E-state index contributed by atoms with van der Waals surface area (Å²) in [6.07, 6.45) is 0. The fourth-order valence-corrected chi connectivity index (χ4v) is 2.66. The molecule has 0 aromatic heterocycles. The summed E-state index contributed by atoms with van der Waals surface area (Å²) in [5.41, 5.74) is 0.334. The molecule has 0 radical (unpaired) electrons. The molecular weight excluding hydrogens is 314 g/mol. The highest BCUT2D eigenvalue weighted by Crippen LogP contribution is 2.36. The lowest BCUT2D eigenvalue weighted by Crippen LogP contribution is -2.50. The second-order valence-electron chi connectivity index (χ2n) is 6.05. The molecule has 0 saturated carbocycles. The van der Waals surface area contributed by atoms with Crippen molar-refractivity contribution >= 4 is 23.2 Å². The molecule has 23 heavy (non-hydrogen) atoms. The lowest BCUT2D eigenvalue weighted by Gasteiger charge is -2.39. The molecule has 0 N–H and O–H groups in total. The van der Waals surface area contributed by atoms with Gasteiger partial charge >= 0.3 is 0 Å². The van der Waals surface area contributed by atoms with Gasteiger partial charge in [0.1, 0.15) is 17.1 Å². The molecule has 0 aliphatic carbocycles. The van der Waals surface area contributed by atoms with E-state index in [1.165, 1.54) is 0 Å². The molecule has 1 heterocycles. The van der Waals surface area contributed by atoms with E-state index >= 15 is 0 Å². The molecule has 0 saturated heterocycles. The van der Waals surface area contributed by atoms with E-state index in [0.717, 1.165) is 5.69 Å². The topological polar surface area (TPSA) is 38.8 Å². The summed E-state index contributed by atoms with van der Waals surface area (Å²) in [5.74, 6) is 1.22. The molecule has 0 fully saturated rings. The van der Waals surface area contributed by atoms with Crippen molar-refractivity contribution in [3.63, 3.8) is 0 Å². The van der Waals surface area contributed by atoms with Crippen LogP contribution in [0.4, 0.5) is 5.69 Å². The maximum Gasteiger partial charge on any atom is 0.265 e. The van der Waals surface area contributed by atoms with Crippen molar-refractivity contribution < 1.29 is 14.3 Å². The zero-order chi connectivity index (χ0) is 16.4. The van der Waals surface area contributed by atoms with E-state index in [-0.39, 0.29) is 12.5 Å². The summed E-state index contributed by atoms with van der Waals surface area (Å²) < 4.78 is 11.5. The minimum absolute atomic E-state index is 0.0357. The van der Waals surface area contributed by atoms with Crippen LogP contribution in [0.25, 0.3) is 0 Å². The van der Waals surface area contributed by atoms with Gasteiger partial charge in [-0.3, -0.25) is 4.79 Å². The van der Waals surface area contributed by atoms with Crippen LogP contribution in [0.3, 0.4) is 0 Å². The van der Waals surface area contributed by atoms with Crippen LogP contribution in [0.15, 0.2) is 48.5 Å². The molecule has 2 aromatic carbocycles. The Labute approximate surface area is 140 Å². The number of carbonyl (C=O) groups excluding carboxylic acids is 1. The van der Waals surface area contributed by atoms with E-state index in [9.17, 15) is 4.79 Å². The van der Waals surface area contributed by atoms with E-state index in [1.807, 2.05) is 38.1 Å². The molecule has 1 amide bonds. The zero-order valence-electron chi connectivity index (χ0n) is 13.1. The van der Waals surface area contributed by atoms with E-state index in [2.05, 4.69) is 0 Å². The van der Waals surface area contributed by atoms with Gasteiger partial charge in [-0.25, -0.2) is 0 Å². The maximum atomic E-state index is 12.6. The van der Waals surface area contributed by atoms with Crippen molar-refractivity contribution in [1.29, 1.82) is 0 Å². The van der Waals surface area contributed by atoms with Crippen molar-refractivity contribution in [2.24, 2.45) is 0 Å². The Balaban J connectivity index is 1.75. The van der Waals surface area contributed by atoms with Crippen LogP contribution in [0, 0.1) is 0 Å². The lowest BCUT2D eigenvalue weighted by atomic mass is 10.1. The Morgan fingerprint density at radius 1 is 1.22 bits per heavy atom. The van der Waals surface area contributed by atoms with Crippen LogP contribution in [0.2, 0.25) is 5.02 Å². The van der Waals surface area contributed by atoms with Crippen molar-refractivity contribution in [3.8, 4) is 11.5 Å². The molecule has 3 rings (SSSR count). The molecule has 5 heteroatoms. The first-order valence-corrected chi connectivity index (χ1v) is 7.79. The first-order chi connectivity index (χ1) is 10.9. The number of halogens is 1. The number of hydrogen-bond acceptors (Lipinski definition) is 3. The van der Waals surface area contributed by atoms with Gasteiger partial charge in [-0.15, -0.1) is 0 Å². The average Bonchev–Trinajstić information content (AvgIpc) is 2.52. The van der Waals surface area contributed by atoms with Gasteiger partial charge in [0, 0.05) is 5.02 Å². The fraction of sp³-hybridized carbons (Fsp3) is 0.278. The van der Waals surface area contributed by atoms with Crippen molar-refractivity contribution in [1.82, 2.24) is 0 Å². The summed E-state index contributed by atoms with van der Waals surface area (Å²) in [5, 5.41) is 0.632. The van der Waals surface area contributed by atoms with Gasteiger partial charge in [0.2, 0.25) is 0 Å². The molecule has 4 nitrogen and oxygen atoms in total. The molecule has 1 aliphatic rings. The first-order valence-electron chi connectivity index (χ1n) is 7.41. The molecule has 2 aromatic rings. The quantitative estimate of drug-likeness (QED) is 0.855. The minimum Gasteiger partial charge on any atom is -0.484 e. The molecule has 0 atom stereocenters. The number of nitrogens with zero attached hydrogens (tertiary/aromatic N) is 1. The second-order valence-corrected chi connectivity index (χ2v) is 6.49. The predicted molar refractivity (Wildman–Crippen MR) is 90.4 cm³/mol. The number of para-hydroxylation sites is 2. The van der Waals surface area contributed by atoms with Crippen molar-refractivity contribution in [2.75, 3.05) is 18.1 Å². The number of rotatable bonds is 3. The fourth-order valence-electron chi connectivity index (χ4n) is 2.54. The van der Waals surface area contributed by atoms with Crippen molar-refractivity contribution in [3.05, 3.63) is 53.6 Å². The smallest absolute Gasteiger partial charge is 0.265 e. The van der Waals surface area contributed by atoms with Gasteiger partial charge in [0.25, 0.3) is 5.91 Å². The third-order valence-electron chi connectivity index (χ3n) is 3.56. The molecule has 0 spiro atoms. The molecular formula is C18H18ClNO3. The maximum absolute atomic E-state index is 12.6. The van der Waals surface area contributed by atoms with Crippen LogP contribution in [-0.4, -0.2) is 24.7 Å². The summed E-state index contributed by atoms with van der Waals surface area (Å²) in [6.45, 7) is 4.37. The van der Waals surface area contributed by atoms with E-state index < -0.39 is 5.60 Å². The number of ether oxygens (including phenoxy) is 2. The standard InChI is InChI=1S/C18H18ClNO3/c1-18(2)12-20(15-5-3-4-6-16(15)23-18)17(21)11-22-14-9-7-13(19)8-10-14/h3-10H,11-12H2,1-2H3. The molecule has 0 bridgehead atoms. The predicted octanol–water partition coefficient (Wildman–Crippen LogP) is 3.92. The van der Waals surface area contributed by atoms with Crippen molar-refractivity contribution in [2.45, 2.75) is 19.4 Å². The lowest BCUT2D eigenvalue weighted by molar-refractivity contribution is -0.121. The number of carbonyl (C=O) groups is 1. The zero-order valence-corrected chi connectivity index (χ0v) is 13.8. The Kier molecular flexibility index (Phi) is 4.18. The van der Waals surface area contributed by atoms with E-state index in [4.69, 9.17) is 21.1 Å². The molecule has 1 aliphatic heterocycles.